The molecule has 1 rings (SSSR count). The second-order valence-electron chi connectivity index (χ2n) is 3.24. The normalized spacial score (nSPS) is 10.5. The minimum atomic E-state index is -0.00143. The monoisotopic (exact) mass is 196 g/mol. The van der Waals surface area contributed by atoms with E-state index in [1.54, 1.807) is 12.1 Å². The zero-order chi connectivity index (χ0) is 10.0. The first-order valence-corrected chi connectivity index (χ1v) is 4.99. The fourth-order valence-corrected chi connectivity index (χ4v) is 1.93. The van der Waals surface area contributed by atoms with Crippen molar-refractivity contribution in [1.29, 1.82) is 0 Å². The maximum atomic E-state index is 11.5. The van der Waals surface area contributed by atoms with Crippen LogP contribution in [0.2, 0.25) is 0 Å². The van der Waals surface area contributed by atoms with Gasteiger partial charge in [0.15, 0.2) is 11.6 Å². The molecule has 0 spiro atoms. The largest absolute Gasteiger partial charge is 0.294 e. The van der Waals surface area contributed by atoms with Gasteiger partial charge in [-0.15, -0.1) is 11.3 Å². The molecule has 13 heavy (non-hydrogen) atoms. The van der Waals surface area contributed by atoms with E-state index in [0.717, 1.165) is 0 Å². The first-order valence-electron chi connectivity index (χ1n) is 4.17. The minimum Gasteiger partial charge on any atom is -0.294 e. The lowest BCUT2D eigenvalue weighted by molar-refractivity contribution is 0.0943. The Morgan fingerprint density at radius 3 is 2.15 bits per heavy atom. The molecule has 0 fully saturated rings. The first kappa shape index (κ1) is 10.1. The van der Waals surface area contributed by atoms with Gasteiger partial charge in [-0.2, -0.15) is 0 Å². The topological polar surface area (TPSA) is 34.1 Å². The molecule has 0 atom stereocenters. The molecule has 0 saturated heterocycles. The Balaban J connectivity index is 2.92. The number of rotatable bonds is 3. The third-order valence-corrected chi connectivity index (χ3v) is 2.92. The molecule has 1 aromatic heterocycles. The molecule has 0 saturated carbocycles. The highest BCUT2D eigenvalue weighted by atomic mass is 32.1. The lowest BCUT2D eigenvalue weighted by Gasteiger charge is -1.98. The Hall–Kier alpha value is -0.960. The number of Topliss-reactive ketones (excluding diaryl/α,β-unsaturated/α-hetero) is 2. The van der Waals surface area contributed by atoms with Crippen LogP contribution in [0.1, 0.15) is 40.1 Å². The zero-order valence-corrected chi connectivity index (χ0v) is 8.77. The molecule has 1 aromatic rings. The third kappa shape index (κ3) is 2.25. The quantitative estimate of drug-likeness (QED) is 0.696. The lowest BCUT2D eigenvalue weighted by atomic mass is 10.1. The molecule has 70 valence electrons. The van der Waals surface area contributed by atoms with Crippen molar-refractivity contribution in [2.45, 2.75) is 20.8 Å². The molecule has 0 aliphatic carbocycles. The van der Waals surface area contributed by atoms with E-state index in [2.05, 4.69) is 0 Å². The van der Waals surface area contributed by atoms with Crippen LogP contribution in [-0.2, 0) is 0 Å². The van der Waals surface area contributed by atoms with Gasteiger partial charge in [0, 0.05) is 5.92 Å². The van der Waals surface area contributed by atoms with Crippen molar-refractivity contribution in [3.63, 3.8) is 0 Å². The molecule has 3 heteroatoms. The van der Waals surface area contributed by atoms with Crippen LogP contribution < -0.4 is 0 Å². The molecule has 0 unspecified atom stereocenters. The number of carbonyl (C=O) groups excluding carboxylic acids is 2. The first-order chi connectivity index (χ1) is 6.02. The maximum Gasteiger partial charge on any atom is 0.175 e. The summed E-state index contributed by atoms with van der Waals surface area (Å²) in [5.41, 5.74) is 0. The predicted molar refractivity (Wildman–Crippen MR) is 53.5 cm³/mol. The number of carbonyl (C=O) groups is 2. The molecule has 0 aliphatic heterocycles. The van der Waals surface area contributed by atoms with Crippen molar-refractivity contribution >= 4 is 22.9 Å². The molecular weight excluding hydrogens is 184 g/mol. The van der Waals surface area contributed by atoms with Gasteiger partial charge in [0.1, 0.15) is 0 Å². The van der Waals surface area contributed by atoms with E-state index in [1.165, 1.54) is 18.3 Å². The van der Waals surface area contributed by atoms with Crippen LogP contribution >= 0.6 is 11.3 Å². The summed E-state index contributed by atoms with van der Waals surface area (Å²) in [7, 11) is 0. The van der Waals surface area contributed by atoms with Gasteiger partial charge in [0.2, 0.25) is 0 Å². The van der Waals surface area contributed by atoms with Crippen LogP contribution in [-0.4, -0.2) is 11.6 Å². The Labute approximate surface area is 81.6 Å². The van der Waals surface area contributed by atoms with Crippen molar-refractivity contribution in [2.75, 3.05) is 0 Å². The summed E-state index contributed by atoms with van der Waals surface area (Å²) in [5.74, 6) is 0.128. The summed E-state index contributed by atoms with van der Waals surface area (Å²) in [4.78, 5) is 23.8. The molecule has 0 aliphatic rings. The number of ketones is 2. The molecular formula is C10H12O2S. The van der Waals surface area contributed by atoms with Crippen molar-refractivity contribution < 1.29 is 9.59 Å². The fourth-order valence-electron chi connectivity index (χ4n) is 0.944. The zero-order valence-electron chi connectivity index (χ0n) is 7.96. The lowest BCUT2D eigenvalue weighted by Crippen LogP contribution is -2.04. The van der Waals surface area contributed by atoms with Gasteiger partial charge in [-0.05, 0) is 19.1 Å². The number of hydrogen-bond donors (Lipinski definition) is 0. The average molecular weight is 196 g/mol. The van der Waals surface area contributed by atoms with Crippen molar-refractivity contribution in [3.05, 3.63) is 21.9 Å². The number of hydrogen-bond acceptors (Lipinski definition) is 3. The van der Waals surface area contributed by atoms with Crippen molar-refractivity contribution in [3.8, 4) is 0 Å². The van der Waals surface area contributed by atoms with E-state index in [-0.39, 0.29) is 17.5 Å². The van der Waals surface area contributed by atoms with Crippen LogP contribution in [0, 0.1) is 5.92 Å². The highest BCUT2D eigenvalue weighted by Crippen LogP contribution is 2.19. The van der Waals surface area contributed by atoms with Gasteiger partial charge in [-0.1, -0.05) is 13.8 Å². The van der Waals surface area contributed by atoms with Gasteiger partial charge in [-0.25, -0.2) is 0 Å². The van der Waals surface area contributed by atoms with E-state index in [4.69, 9.17) is 0 Å². The van der Waals surface area contributed by atoms with Gasteiger partial charge >= 0.3 is 0 Å². The van der Waals surface area contributed by atoms with Crippen LogP contribution in [0.25, 0.3) is 0 Å². The molecule has 2 nitrogen and oxygen atoms in total. The molecule has 0 aromatic carbocycles. The van der Waals surface area contributed by atoms with Gasteiger partial charge < -0.3 is 0 Å². The van der Waals surface area contributed by atoms with Crippen LogP contribution in [0.4, 0.5) is 0 Å². The summed E-state index contributed by atoms with van der Waals surface area (Å²) >= 11 is 1.28. The van der Waals surface area contributed by atoms with E-state index < -0.39 is 0 Å². The SMILES string of the molecule is CC(=O)c1ccc(C(=O)C(C)C)s1. The Morgan fingerprint density at radius 1 is 1.23 bits per heavy atom. The molecule has 0 bridgehead atoms. The van der Waals surface area contributed by atoms with E-state index in [9.17, 15) is 9.59 Å². The van der Waals surface area contributed by atoms with E-state index >= 15 is 0 Å². The Morgan fingerprint density at radius 2 is 1.77 bits per heavy atom. The highest BCUT2D eigenvalue weighted by molar-refractivity contribution is 7.16. The molecule has 1 heterocycles. The van der Waals surface area contributed by atoms with Crippen LogP contribution in [0.15, 0.2) is 12.1 Å². The van der Waals surface area contributed by atoms with Crippen molar-refractivity contribution in [2.24, 2.45) is 5.92 Å². The molecule has 0 radical (unpaired) electrons. The fraction of sp³-hybridized carbons (Fsp3) is 0.400. The third-order valence-electron chi connectivity index (χ3n) is 1.72. The van der Waals surface area contributed by atoms with E-state index in [0.29, 0.717) is 9.75 Å². The smallest absolute Gasteiger partial charge is 0.175 e. The predicted octanol–water partition coefficient (Wildman–Crippen LogP) is 2.79. The standard InChI is InChI=1S/C10H12O2S/c1-6(2)10(12)9-5-4-8(13-9)7(3)11/h4-6H,1-3H3. The van der Waals surface area contributed by atoms with Gasteiger partial charge in [0.05, 0.1) is 9.75 Å². The number of thiophene rings is 1. The maximum absolute atomic E-state index is 11.5. The van der Waals surface area contributed by atoms with Crippen molar-refractivity contribution in [1.82, 2.24) is 0 Å². The molecule has 0 amide bonds. The minimum absolute atomic E-state index is 0.00143. The summed E-state index contributed by atoms with van der Waals surface area (Å²) in [5, 5.41) is 0. The summed E-state index contributed by atoms with van der Waals surface area (Å²) in [6.45, 7) is 5.22. The average Bonchev–Trinajstić information content (AvgIpc) is 2.50. The van der Waals surface area contributed by atoms with Crippen LogP contribution in [0.3, 0.4) is 0 Å². The second-order valence-corrected chi connectivity index (χ2v) is 4.32. The summed E-state index contributed by atoms with van der Waals surface area (Å²) < 4.78 is 0. The van der Waals surface area contributed by atoms with Gasteiger partial charge in [-0.3, -0.25) is 9.59 Å². The Bertz CT molecular complexity index is 336. The highest BCUT2D eigenvalue weighted by Gasteiger charge is 2.13. The van der Waals surface area contributed by atoms with Gasteiger partial charge in [0.25, 0.3) is 0 Å². The second kappa shape index (κ2) is 3.83. The Kier molecular flexibility index (Phi) is 2.98. The summed E-state index contributed by atoms with van der Waals surface area (Å²) in [6.07, 6.45) is 0. The summed E-state index contributed by atoms with van der Waals surface area (Å²) in [6, 6.07) is 3.44. The van der Waals surface area contributed by atoms with Crippen LogP contribution in [0.5, 0.6) is 0 Å². The van der Waals surface area contributed by atoms with E-state index in [1.807, 2.05) is 13.8 Å². The molecule has 0 N–H and O–H groups in total.